The molecule has 1 heterocycles. The van der Waals surface area contributed by atoms with E-state index in [1.54, 1.807) is 6.21 Å². The van der Waals surface area contributed by atoms with E-state index in [1.165, 1.54) is 17.3 Å². The fraction of sp³-hybridized carbons (Fsp3) is 0.348. The molecule has 1 aliphatic heterocycles. The van der Waals surface area contributed by atoms with Gasteiger partial charge in [0.15, 0.2) is 11.8 Å². The second-order valence-electron chi connectivity index (χ2n) is 7.35. The van der Waals surface area contributed by atoms with Gasteiger partial charge in [-0.1, -0.05) is 61.2 Å². The van der Waals surface area contributed by atoms with Gasteiger partial charge in [0.25, 0.3) is 5.91 Å². The molecular formula is C23H28N4O2S. The maximum atomic E-state index is 12.4. The summed E-state index contributed by atoms with van der Waals surface area (Å²) in [5.41, 5.74) is 7.86. The Labute approximate surface area is 182 Å². The van der Waals surface area contributed by atoms with E-state index in [0.717, 1.165) is 37.2 Å². The van der Waals surface area contributed by atoms with Gasteiger partial charge in [0.1, 0.15) is 5.75 Å². The van der Waals surface area contributed by atoms with E-state index in [-0.39, 0.29) is 12.5 Å². The first-order valence-corrected chi connectivity index (χ1v) is 11.1. The number of carbonyl (C=O) groups excluding carboxylic acids is 1. The molecule has 1 amide bonds. The van der Waals surface area contributed by atoms with Crippen LogP contribution in [-0.2, 0) is 10.5 Å². The van der Waals surface area contributed by atoms with Gasteiger partial charge in [-0.05, 0) is 36.5 Å². The predicted molar refractivity (Wildman–Crippen MR) is 124 cm³/mol. The summed E-state index contributed by atoms with van der Waals surface area (Å²) in [5.74, 6) is 2.05. The number of nitrogens with zero attached hydrogens (tertiary/aromatic N) is 3. The zero-order chi connectivity index (χ0) is 21.2. The van der Waals surface area contributed by atoms with Gasteiger partial charge in [-0.3, -0.25) is 4.79 Å². The van der Waals surface area contributed by atoms with E-state index >= 15 is 0 Å². The number of carbonyl (C=O) groups is 1. The van der Waals surface area contributed by atoms with Gasteiger partial charge in [0.05, 0.1) is 6.21 Å². The molecule has 2 aromatic carbocycles. The summed E-state index contributed by atoms with van der Waals surface area (Å²) in [5, 5.41) is 8.52. The SMILES string of the molecule is CC1CCN(C(=O)COc2ccccc2C=NN=C(N)SCc2ccccc2)CC1. The summed E-state index contributed by atoms with van der Waals surface area (Å²) >= 11 is 1.43. The third kappa shape index (κ3) is 6.91. The number of benzene rings is 2. The molecule has 158 valence electrons. The van der Waals surface area contributed by atoms with Crippen LogP contribution >= 0.6 is 11.8 Å². The number of rotatable bonds is 7. The number of thioether (sulfide) groups is 1. The maximum Gasteiger partial charge on any atom is 0.260 e. The van der Waals surface area contributed by atoms with Gasteiger partial charge >= 0.3 is 0 Å². The van der Waals surface area contributed by atoms with Crippen molar-refractivity contribution in [3.05, 3.63) is 65.7 Å². The first kappa shape index (κ1) is 21.9. The molecule has 0 saturated carbocycles. The highest BCUT2D eigenvalue weighted by atomic mass is 32.2. The summed E-state index contributed by atoms with van der Waals surface area (Å²) in [7, 11) is 0. The van der Waals surface area contributed by atoms with Crippen LogP contribution in [0.15, 0.2) is 64.8 Å². The third-order valence-electron chi connectivity index (χ3n) is 4.99. The number of likely N-dealkylation sites (tertiary alicyclic amines) is 1. The molecule has 0 bridgehead atoms. The Morgan fingerprint density at radius 3 is 2.63 bits per heavy atom. The second-order valence-corrected chi connectivity index (χ2v) is 8.34. The van der Waals surface area contributed by atoms with Crippen molar-refractivity contribution in [2.75, 3.05) is 19.7 Å². The van der Waals surface area contributed by atoms with Gasteiger partial charge in [-0.2, -0.15) is 5.10 Å². The van der Waals surface area contributed by atoms with Crippen molar-refractivity contribution in [2.24, 2.45) is 21.9 Å². The minimum absolute atomic E-state index is 0.0215. The maximum absolute atomic E-state index is 12.4. The molecule has 1 aliphatic rings. The van der Waals surface area contributed by atoms with Crippen molar-refractivity contribution in [3.8, 4) is 5.75 Å². The Bertz CT molecular complexity index is 878. The highest BCUT2D eigenvalue weighted by Crippen LogP contribution is 2.19. The van der Waals surface area contributed by atoms with Gasteiger partial charge in [-0.25, -0.2) is 0 Å². The van der Waals surface area contributed by atoms with Gasteiger partial charge in [0, 0.05) is 24.4 Å². The molecule has 2 aromatic rings. The van der Waals surface area contributed by atoms with Crippen molar-refractivity contribution < 1.29 is 9.53 Å². The minimum Gasteiger partial charge on any atom is -0.483 e. The number of piperidine rings is 1. The Morgan fingerprint density at radius 1 is 1.17 bits per heavy atom. The molecule has 6 nitrogen and oxygen atoms in total. The summed E-state index contributed by atoms with van der Waals surface area (Å²) in [6.07, 6.45) is 3.70. The molecule has 3 rings (SSSR count). The molecule has 30 heavy (non-hydrogen) atoms. The summed E-state index contributed by atoms with van der Waals surface area (Å²) < 4.78 is 5.77. The van der Waals surface area contributed by atoms with E-state index in [2.05, 4.69) is 17.1 Å². The molecule has 0 aliphatic carbocycles. The molecule has 0 unspecified atom stereocenters. The van der Waals surface area contributed by atoms with Gasteiger partial charge in [-0.15, -0.1) is 5.10 Å². The number of amidine groups is 1. The molecule has 1 fully saturated rings. The van der Waals surface area contributed by atoms with E-state index in [9.17, 15) is 4.79 Å². The van der Waals surface area contributed by atoms with E-state index < -0.39 is 0 Å². The standard InChI is InChI=1S/C23H28N4O2S/c1-18-11-13-27(14-12-18)22(28)16-29-21-10-6-5-9-20(21)15-25-26-23(24)30-17-19-7-3-2-4-8-19/h2-10,15,18H,11-14,16-17H2,1H3,(H2,24,26). The van der Waals surface area contributed by atoms with E-state index in [0.29, 0.717) is 16.8 Å². The Balaban J connectivity index is 1.52. The van der Waals surface area contributed by atoms with E-state index in [4.69, 9.17) is 10.5 Å². The first-order chi connectivity index (χ1) is 14.6. The second kappa shape index (κ2) is 11.4. The van der Waals surface area contributed by atoms with Crippen LogP contribution in [0.2, 0.25) is 0 Å². The summed E-state index contributed by atoms with van der Waals surface area (Å²) in [6, 6.07) is 17.5. The van der Waals surface area contributed by atoms with Crippen LogP contribution in [0.25, 0.3) is 0 Å². The highest BCUT2D eigenvalue weighted by Gasteiger charge is 2.20. The quantitative estimate of drug-likeness (QED) is 0.415. The fourth-order valence-corrected chi connectivity index (χ4v) is 3.73. The Kier molecular flexibility index (Phi) is 8.32. The highest BCUT2D eigenvalue weighted by molar-refractivity contribution is 8.13. The summed E-state index contributed by atoms with van der Waals surface area (Å²) in [4.78, 5) is 14.3. The lowest BCUT2D eigenvalue weighted by Gasteiger charge is -2.30. The zero-order valence-electron chi connectivity index (χ0n) is 17.2. The fourth-order valence-electron chi connectivity index (χ4n) is 3.12. The van der Waals surface area contributed by atoms with Crippen LogP contribution in [-0.4, -0.2) is 41.9 Å². The zero-order valence-corrected chi connectivity index (χ0v) is 18.1. The molecule has 0 atom stereocenters. The van der Waals surface area contributed by atoms with E-state index in [1.807, 2.05) is 59.5 Å². The van der Waals surface area contributed by atoms with Crippen LogP contribution < -0.4 is 10.5 Å². The van der Waals surface area contributed by atoms with Crippen LogP contribution in [0.1, 0.15) is 30.9 Å². The van der Waals surface area contributed by atoms with Crippen LogP contribution in [0.5, 0.6) is 5.75 Å². The molecule has 7 heteroatoms. The van der Waals surface area contributed by atoms with Crippen LogP contribution in [0, 0.1) is 5.92 Å². The van der Waals surface area contributed by atoms with Gasteiger partial charge < -0.3 is 15.4 Å². The number of ether oxygens (including phenoxy) is 1. The normalized spacial score (nSPS) is 15.5. The lowest BCUT2D eigenvalue weighted by Crippen LogP contribution is -2.40. The van der Waals surface area contributed by atoms with Crippen molar-refractivity contribution in [2.45, 2.75) is 25.5 Å². The summed E-state index contributed by atoms with van der Waals surface area (Å²) in [6.45, 7) is 3.86. The minimum atomic E-state index is 0.0215. The lowest BCUT2D eigenvalue weighted by molar-refractivity contribution is -0.134. The van der Waals surface area contributed by atoms with Crippen molar-refractivity contribution in [1.29, 1.82) is 0 Å². The number of amides is 1. The molecule has 0 aromatic heterocycles. The molecular weight excluding hydrogens is 396 g/mol. The Morgan fingerprint density at radius 2 is 1.87 bits per heavy atom. The predicted octanol–water partition coefficient (Wildman–Crippen LogP) is 3.91. The number of para-hydroxylation sites is 1. The molecule has 1 saturated heterocycles. The average Bonchev–Trinajstić information content (AvgIpc) is 2.78. The number of nitrogens with two attached hydrogens (primary N) is 1. The van der Waals surface area contributed by atoms with Gasteiger partial charge in [0.2, 0.25) is 0 Å². The third-order valence-corrected chi connectivity index (χ3v) is 5.84. The van der Waals surface area contributed by atoms with Crippen molar-refractivity contribution >= 4 is 29.1 Å². The largest absolute Gasteiger partial charge is 0.483 e. The van der Waals surface area contributed by atoms with Crippen LogP contribution in [0.4, 0.5) is 0 Å². The van der Waals surface area contributed by atoms with Crippen LogP contribution in [0.3, 0.4) is 0 Å². The molecule has 2 N–H and O–H groups in total. The first-order valence-electron chi connectivity index (χ1n) is 10.1. The molecule has 0 spiro atoms. The smallest absolute Gasteiger partial charge is 0.260 e. The molecule has 0 radical (unpaired) electrons. The average molecular weight is 425 g/mol. The van der Waals surface area contributed by atoms with Crippen molar-refractivity contribution in [3.63, 3.8) is 0 Å². The monoisotopic (exact) mass is 424 g/mol. The number of hydrogen-bond donors (Lipinski definition) is 1. The van der Waals surface area contributed by atoms with Crippen molar-refractivity contribution in [1.82, 2.24) is 4.90 Å². The lowest BCUT2D eigenvalue weighted by atomic mass is 9.99. The Hall–Kier alpha value is -2.80. The number of hydrogen-bond acceptors (Lipinski definition) is 5. The topological polar surface area (TPSA) is 80.3 Å².